The molecule has 1 fully saturated rings. The van der Waals surface area contributed by atoms with Gasteiger partial charge in [0.2, 0.25) is 0 Å². The predicted molar refractivity (Wildman–Crippen MR) is 102 cm³/mol. The maximum atomic E-state index is 12.5. The Labute approximate surface area is 151 Å². The highest BCUT2D eigenvalue weighted by Gasteiger charge is 2.23. The highest BCUT2D eigenvalue weighted by Crippen LogP contribution is 2.26. The van der Waals surface area contributed by atoms with E-state index in [9.17, 15) is 4.79 Å². The lowest BCUT2D eigenvalue weighted by Crippen LogP contribution is -2.40. The van der Waals surface area contributed by atoms with Crippen LogP contribution in [0.25, 0.3) is 15.3 Å². The van der Waals surface area contributed by atoms with E-state index in [1.807, 2.05) is 47.3 Å². The van der Waals surface area contributed by atoms with Crippen LogP contribution in [-0.2, 0) is 0 Å². The van der Waals surface area contributed by atoms with Crippen LogP contribution in [0.3, 0.4) is 0 Å². The van der Waals surface area contributed by atoms with Crippen molar-refractivity contribution < 1.29 is 4.79 Å². The molecule has 5 nitrogen and oxygen atoms in total. The van der Waals surface area contributed by atoms with Crippen molar-refractivity contribution in [1.82, 2.24) is 19.8 Å². The molecule has 3 aromatic rings. The Bertz CT molecular complexity index is 871. The Kier molecular flexibility index (Phi) is 4.55. The minimum atomic E-state index is 0.000710. The molecule has 0 bridgehead atoms. The van der Waals surface area contributed by atoms with Gasteiger partial charge in [-0.2, -0.15) is 0 Å². The second kappa shape index (κ2) is 6.98. The zero-order valence-corrected chi connectivity index (χ0v) is 15.1. The molecule has 3 heterocycles. The van der Waals surface area contributed by atoms with E-state index in [0.29, 0.717) is 11.6 Å². The summed E-state index contributed by atoms with van der Waals surface area (Å²) in [7, 11) is 0. The van der Waals surface area contributed by atoms with Crippen LogP contribution in [0, 0.1) is 0 Å². The molecule has 1 amide bonds. The topological polar surface area (TPSA) is 50.2 Å². The first-order valence-corrected chi connectivity index (χ1v) is 9.62. The van der Waals surface area contributed by atoms with Crippen molar-refractivity contribution in [3.63, 3.8) is 0 Å². The second-order valence-corrected chi connectivity index (χ2v) is 7.41. The fourth-order valence-corrected chi connectivity index (χ4v) is 4.45. The molecule has 4 rings (SSSR count). The molecule has 1 aromatic carbocycles. The number of carbonyl (C=O) groups excluding carboxylic acids is 1. The van der Waals surface area contributed by atoms with Gasteiger partial charge in [0.1, 0.15) is 0 Å². The van der Waals surface area contributed by atoms with Crippen LogP contribution in [0.1, 0.15) is 30.1 Å². The minimum absolute atomic E-state index is 0.000710. The van der Waals surface area contributed by atoms with E-state index in [2.05, 4.69) is 22.1 Å². The smallest absolute Gasteiger partial charge is 0.251 e. The van der Waals surface area contributed by atoms with Crippen LogP contribution < -0.4 is 5.32 Å². The number of likely N-dealkylation sites (N-methyl/N-ethyl adjacent to an activating group) is 1. The lowest BCUT2D eigenvalue weighted by atomic mass is 10.2. The van der Waals surface area contributed by atoms with Gasteiger partial charge >= 0.3 is 0 Å². The van der Waals surface area contributed by atoms with Crippen LogP contribution in [0.15, 0.2) is 42.7 Å². The number of amides is 1. The van der Waals surface area contributed by atoms with Gasteiger partial charge in [0.15, 0.2) is 5.13 Å². The van der Waals surface area contributed by atoms with E-state index in [1.54, 1.807) is 11.3 Å². The van der Waals surface area contributed by atoms with Crippen LogP contribution in [0.5, 0.6) is 0 Å². The average Bonchev–Trinajstić information content (AvgIpc) is 3.38. The molecule has 6 heteroatoms. The van der Waals surface area contributed by atoms with Crippen molar-refractivity contribution >= 4 is 27.5 Å². The van der Waals surface area contributed by atoms with Crippen molar-refractivity contribution in [3.05, 3.63) is 48.3 Å². The molecule has 0 spiro atoms. The SMILES string of the molecule is CCN1CCC[C@H]1CNC(=O)c1ccc2nc(-n3cccc3)sc2c1. The van der Waals surface area contributed by atoms with E-state index in [1.165, 1.54) is 12.8 Å². The van der Waals surface area contributed by atoms with Gasteiger partial charge in [-0.1, -0.05) is 18.3 Å². The van der Waals surface area contributed by atoms with Crippen LogP contribution in [-0.4, -0.2) is 46.0 Å². The Morgan fingerprint density at radius 1 is 1.36 bits per heavy atom. The van der Waals surface area contributed by atoms with Gasteiger partial charge in [0.05, 0.1) is 10.2 Å². The molecule has 1 N–H and O–H groups in total. The van der Waals surface area contributed by atoms with Gasteiger partial charge in [-0.15, -0.1) is 0 Å². The third kappa shape index (κ3) is 3.32. The van der Waals surface area contributed by atoms with Gasteiger partial charge in [-0.3, -0.25) is 9.69 Å². The molecule has 0 saturated carbocycles. The maximum Gasteiger partial charge on any atom is 0.251 e. The van der Waals surface area contributed by atoms with Crippen molar-refractivity contribution in [2.24, 2.45) is 0 Å². The summed E-state index contributed by atoms with van der Waals surface area (Å²) in [6, 6.07) is 10.2. The number of rotatable bonds is 5. The number of nitrogens with zero attached hydrogens (tertiary/aromatic N) is 3. The fourth-order valence-electron chi connectivity index (χ4n) is 3.48. The average molecular weight is 354 g/mol. The molecule has 0 radical (unpaired) electrons. The predicted octanol–water partition coefficient (Wildman–Crippen LogP) is 3.30. The summed E-state index contributed by atoms with van der Waals surface area (Å²) < 4.78 is 3.02. The van der Waals surface area contributed by atoms with Crippen LogP contribution >= 0.6 is 11.3 Å². The standard InChI is InChI=1S/C19H22N4OS/c1-2-22-11-5-6-15(22)13-20-18(24)14-7-8-16-17(12-14)25-19(21-16)23-9-3-4-10-23/h3-4,7-10,12,15H,2,5-6,11,13H2,1H3,(H,20,24)/t15-/m0/s1. The third-order valence-electron chi connectivity index (χ3n) is 4.87. The molecule has 1 atom stereocenters. The lowest BCUT2D eigenvalue weighted by Gasteiger charge is -2.22. The lowest BCUT2D eigenvalue weighted by molar-refractivity contribution is 0.0941. The summed E-state index contributed by atoms with van der Waals surface area (Å²) in [5.41, 5.74) is 1.63. The largest absolute Gasteiger partial charge is 0.350 e. The summed E-state index contributed by atoms with van der Waals surface area (Å²) in [5.74, 6) is 0.000710. The Morgan fingerprint density at radius 2 is 2.20 bits per heavy atom. The van der Waals surface area contributed by atoms with Crippen molar-refractivity contribution in [2.75, 3.05) is 19.6 Å². The normalized spacial score (nSPS) is 18.0. The van der Waals surface area contributed by atoms with Crippen molar-refractivity contribution in [1.29, 1.82) is 0 Å². The number of fused-ring (bicyclic) bond motifs is 1. The second-order valence-electron chi connectivity index (χ2n) is 6.40. The van der Waals surface area contributed by atoms with Crippen LogP contribution in [0.4, 0.5) is 0 Å². The summed E-state index contributed by atoms with van der Waals surface area (Å²) >= 11 is 1.60. The fraction of sp³-hybridized carbons (Fsp3) is 0.368. The zero-order chi connectivity index (χ0) is 17.2. The van der Waals surface area contributed by atoms with Gasteiger partial charge in [-0.25, -0.2) is 4.98 Å². The molecule has 130 valence electrons. The molecule has 0 aliphatic carbocycles. The minimum Gasteiger partial charge on any atom is -0.350 e. The van der Waals surface area contributed by atoms with Gasteiger partial charge in [0.25, 0.3) is 5.91 Å². The molecule has 0 unspecified atom stereocenters. The number of carbonyl (C=O) groups is 1. The first kappa shape index (κ1) is 16.3. The number of hydrogen-bond donors (Lipinski definition) is 1. The van der Waals surface area contributed by atoms with Crippen LogP contribution in [0.2, 0.25) is 0 Å². The molecule has 25 heavy (non-hydrogen) atoms. The molecule has 2 aromatic heterocycles. The summed E-state index contributed by atoms with van der Waals surface area (Å²) in [5, 5.41) is 4.02. The molecule has 1 aliphatic heterocycles. The quantitative estimate of drug-likeness (QED) is 0.765. The van der Waals surface area contributed by atoms with Crippen molar-refractivity contribution in [2.45, 2.75) is 25.8 Å². The number of thiazole rings is 1. The molecular formula is C19H22N4OS. The Balaban J connectivity index is 1.48. The van der Waals surface area contributed by atoms with Gasteiger partial charge < -0.3 is 9.88 Å². The first-order chi connectivity index (χ1) is 12.2. The van der Waals surface area contributed by atoms with E-state index < -0.39 is 0 Å². The first-order valence-electron chi connectivity index (χ1n) is 8.81. The summed E-state index contributed by atoms with van der Waals surface area (Å²) in [4.78, 5) is 19.6. The van der Waals surface area contributed by atoms with E-state index >= 15 is 0 Å². The van der Waals surface area contributed by atoms with E-state index in [-0.39, 0.29) is 5.91 Å². The molecule has 1 saturated heterocycles. The maximum absolute atomic E-state index is 12.5. The monoisotopic (exact) mass is 354 g/mol. The van der Waals surface area contributed by atoms with Gasteiger partial charge in [-0.05, 0) is 56.3 Å². The highest BCUT2D eigenvalue weighted by molar-refractivity contribution is 7.20. The number of hydrogen-bond acceptors (Lipinski definition) is 4. The Hall–Kier alpha value is -2.18. The summed E-state index contributed by atoms with van der Waals surface area (Å²) in [6.45, 7) is 5.10. The number of nitrogens with one attached hydrogen (secondary N) is 1. The number of likely N-dealkylation sites (tertiary alicyclic amines) is 1. The molecular weight excluding hydrogens is 332 g/mol. The van der Waals surface area contributed by atoms with Gasteiger partial charge in [0, 0.05) is 30.5 Å². The summed E-state index contributed by atoms with van der Waals surface area (Å²) in [6.07, 6.45) is 6.35. The molecule has 1 aliphatic rings. The number of benzene rings is 1. The van der Waals surface area contributed by atoms with E-state index in [0.717, 1.165) is 35.0 Å². The van der Waals surface area contributed by atoms with Crippen molar-refractivity contribution in [3.8, 4) is 5.13 Å². The zero-order valence-electron chi connectivity index (χ0n) is 14.3. The number of aromatic nitrogens is 2. The highest BCUT2D eigenvalue weighted by atomic mass is 32.1. The Morgan fingerprint density at radius 3 is 3.00 bits per heavy atom. The third-order valence-corrected chi connectivity index (χ3v) is 5.90. The van der Waals surface area contributed by atoms with E-state index in [4.69, 9.17) is 0 Å².